The zero-order chi connectivity index (χ0) is 20.2. The van der Waals surface area contributed by atoms with E-state index in [4.69, 9.17) is 4.74 Å². The summed E-state index contributed by atoms with van der Waals surface area (Å²) in [5.74, 6) is 3.22. The minimum absolute atomic E-state index is 0.269. The number of ether oxygens (including phenoxy) is 1. The van der Waals surface area contributed by atoms with Gasteiger partial charge in [-0.3, -0.25) is 0 Å². The van der Waals surface area contributed by atoms with E-state index in [1.54, 1.807) is 12.1 Å². The van der Waals surface area contributed by atoms with Crippen LogP contribution in [0.15, 0.2) is 55.6 Å². The van der Waals surface area contributed by atoms with Crippen LogP contribution < -0.4 is 4.74 Å². The molecule has 2 aliphatic carbocycles. The molecular formula is C27H33FO. The molecule has 0 aliphatic heterocycles. The van der Waals surface area contributed by atoms with Crippen molar-refractivity contribution in [3.8, 4) is 5.75 Å². The molecule has 2 fully saturated rings. The fourth-order valence-corrected chi connectivity index (χ4v) is 5.58. The third-order valence-corrected chi connectivity index (χ3v) is 7.36. The van der Waals surface area contributed by atoms with Gasteiger partial charge >= 0.3 is 0 Å². The zero-order valence-electron chi connectivity index (χ0n) is 17.4. The number of allylic oxidation sites excluding steroid dienone is 1. The maximum atomic E-state index is 14.7. The lowest BCUT2D eigenvalue weighted by atomic mass is 9.68. The maximum Gasteiger partial charge on any atom is 0.172 e. The fraction of sp³-hybridized carbons (Fsp3) is 0.481. The van der Waals surface area contributed by atoms with Crippen LogP contribution in [-0.4, -0.2) is 6.61 Å². The van der Waals surface area contributed by atoms with E-state index in [9.17, 15) is 4.39 Å². The van der Waals surface area contributed by atoms with Crippen molar-refractivity contribution in [1.29, 1.82) is 0 Å². The minimum Gasteiger partial charge on any atom is -0.486 e. The van der Waals surface area contributed by atoms with Crippen LogP contribution in [0.3, 0.4) is 0 Å². The zero-order valence-corrected chi connectivity index (χ0v) is 17.4. The van der Waals surface area contributed by atoms with Gasteiger partial charge in [0.1, 0.15) is 6.61 Å². The molecule has 0 unspecified atom stereocenters. The van der Waals surface area contributed by atoms with Crippen molar-refractivity contribution in [3.63, 3.8) is 0 Å². The molecule has 2 aliphatic rings. The summed E-state index contributed by atoms with van der Waals surface area (Å²) in [5.41, 5.74) is 1.37. The fourth-order valence-electron chi connectivity index (χ4n) is 5.58. The van der Waals surface area contributed by atoms with Crippen LogP contribution >= 0.6 is 0 Å². The van der Waals surface area contributed by atoms with Crippen molar-refractivity contribution in [2.45, 2.75) is 57.3 Å². The highest BCUT2D eigenvalue weighted by molar-refractivity contribution is 5.85. The molecule has 0 aromatic heterocycles. The summed E-state index contributed by atoms with van der Waals surface area (Å²) in [6.07, 6.45) is 14.4. The van der Waals surface area contributed by atoms with Crippen LogP contribution in [0, 0.1) is 23.6 Å². The molecule has 0 radical (unpaired) electrons. The van der Waals surface area contributed by atoms with Crippen LogP contribution in [0.2, 0.25) is 0 Å². The molecule has 0 bridgehead atoms. The number of benzene rings is 2. The molecule has 1 nitrogen and oxygen atoms in total. The van der Waals surface area contributed by atoms with Gasteiger partial charge in [0.05, 0.1) is 0 Å². The summed E-state index contributed by atoms with van der Waals surface area (Å²) in [7, 11) is 0. The second-order valence-electron chi connectivity index (χ2n) is 8.98. The Labute approximate surface area is 174 Å². The predicted molar refractivity (Wildman–Crippen MR) is 120 cm³/mol. The molecule has 0 atom stereocenters. The van der Waals surface area contributed by atoms with Gasteiger partial charge in [-0.25, -0.2) is 4.39 Å². The van der Waals surface area contributed by atoms with Crippen LogP contribution in [0.4, 0.5) is 4.39 Å². The van der Waals surface area contributed by atoms with Gasteiger partial charge in [-0.2, -0.15) is 0 Å². The van der Waals surface area contributed by atoms with E-state index < -0.39 is 0 Å². The normalized spacial score (nSPS) is 27.5. The van der Waals surface area contributed by atoms with Gasteiger partial charge in [-0.1, -0.05) is 43.0 Å². The lowest BCUT2D eigenvalue weighted by molar-refractivity contribution is 0.171. The van der Waals surface area contributed by atoms with E-state index >= 15 is 0 Å². The number of hydrogen-bond donors (Lipinski definition) is 0. The van der Waals surface area contributed by atoms with Crippen molar-refractivity contribution < 1.29 is 9.13 Å². The topological polar surface area (TPSA) is 9.23 Å². The monoisotopic (exact) mass is 392 g/mol. The highest BCUT2D eigenvalue weighted by Crippen LogP contribution is 2.44. The van der Waals surface area contributed by atoms with Crippen molar-refractivity contribution in [3.05, 3.63) is 67.0 Å². The first-order chi connectivity index (χ1) is 14.2. The summed E-state index contributed by atoms with van der Waals surface area (Å²) in [5, 5.41) is 1.61. The Kier molecular flexibility index (Phi) is 6.37. The standard InChI is InChI=1S/C27H33FO/c1-3-17-29-26-16-14-24-18-23(13-15-25(24)27(26)28)22-11-9-21(10-12-22)20-7-5-19(4-2)6-8-20/h3-4,13-16,18-22H,1-2,5-12,17H2. The molecule has 4 rings (SSSR count). The number of fused-ring (bicyclic) bond motifs is 1. The van der Waals surface area contributed by atoms with Gasteiger partial charge in [0.2, 0.25) is 0 Å². The molecule has 29 heavy (non-hydrogen) atoms. The van der Waals surface area contributed by atoms with Crippen LogP contribution in [0.25, 0.3) is 10.8 Å². The molecule has 154 valence electrons. The molecule has 0 saturated heterocycles. The molecule has 0 N–H and O–H groups in total. The first-order valence-corrected chi connectivity index (χ1v) is 11.3. The largest absolute Gasteiger partial charge is 0.486 e. The number of hydrogen-bond acceptors (Lipinski definition) is 1. The van der Waals surface area contributed by atoms with Crippen LogP contribution in [0.5, 0.6) is 5.75 Å². The molecule has 0 heterocycles. The maximum absolute atomic E-state index is 14.7. The summed E-state index contributed by atoms with van der Waals surface area (Å²) in [6, 6.07) is 9.97. The number of halogens is 1. The van der Waals surface area contributed by atoms with E-state index in [0.29, 0.717) is 23.7 Å². The Balaban J connectivity index is 1.40. The van der Waals surface area contributed by atoms with Gasteiger partial charge in [0.25, 0.3) is 0 Å². The van der Waals surface area contributed by atoms with Gasteiger partial charge in [-0.05, 0) is 92.1 Å². The summed E-state index contributed by atoms with van der Waals surface area (Å²) >= 11 is 0. The molecular weight excluding hydrogens is 359 g/mol. The molecule has 2 heteroatoms. The van der Waals surface area contributed by atoms with Gasteiger partial charge < -0.3 is 4.74 Å². The molecule has 0 amide bonds. The molecule has 2 saturated carbocycles. The Bertz CT molecular complexity index is 854. The van der Waals surface area contributed by atoms with Gasteiger partial charge in [0.15, 0.2) is 11.6 Å². The highest BCUT2D eigenvalue weighted by atomic mass is 19.1. The second kappa shape index (κ2) is 9.15. The number of rotatable bonds is 6. The van der Waals surface area contributed by atoms with E-state index in [1.807, 2.05) is 12.1 Å². The smallest absolute Gasteiger partial charge is 0.172 e. The quantitative estimate of drug-likeness (QED) is 0.455. The summed E-state index contributed by atoms with van der Waals surface area (Å²) < 4.78 is 20.1. The van der Waals surface area contributed by atoms with E-state index in [0.717, 1.165) is 23.1 Å². The highest BCUT2D eigenvalue weighted by Gasteiger charge is 2.30. The SMILES string of the molecule is C=CCOc1ccc2cc(C3CCC(C4CCC(C=C)CC4)CC3)ccc2c1F. The van der Waals surface area contributed by atoms with Gasteiger partial charge in [0, 0.05) is 5.39 Å². The second-order valence-corrected chi connectivity index (χ2v) is 8.98. The van der Waals surface area contributed by atoms with Crippen molar-refractivity contribution in [1.82, 2.24) is 0 Å². The van der Waals surface area contributed by atoms with Crippen LogP contribution in [-0.2, 0) is 0 Å². The Morgan fingerprint density at radius 1 is 0.897 bits per heavy atom. The Morgan fingerprint density at radius 2 is 1.59 bits per heavy atom. The third kappa shape index (κ3) is 4.42. The Morgan fingerprint density at radius 3 is 2.24 bits per heavy atom. The molecule has 2 aromatic rings. The van der Waals surface area contributed by atoms with Crippen molar-refractivity contribution in [2.24, 2.45) is 17.8 Å². The van der Waals surface area contributed by atoms with Crippen molar-refractivity contribution >= 4 is 10.8 Å². The Hall–Kier alpha value is -2.09. The van der Waals surface area contributed by atoms with E-state index in [-0.39, 0.29) is 5.82 Å². The van der Waals surface area contributed by atoms with E-state index in [1.165, 1.54) is 56.9 Å². The van der Waals surface area contributed by atoms with Crippen molar-refractivity contribution in [2.75, 3.05) is 6.61 Å². The first kappa shape index (κ1) is 20.2. The third-order valence-electron chi connectivity index (χ3n) is 7.36. The predicted octanol–water partition coefficient (Wildman–Crippen LogP) is 7.81. The van der Waals surface area contributed by atoms with Gasteiger partial charge in [-0.15, -0.1) is 6.58 Å². The lowest BCUT2D eigenvalue weighted by Gasteiger charge is -2.37. The minimum atomic E-state index is -0.269. The first-order valence-electron chi connectivity index (χ1n) is 11.3. The summed E-state index contributed by atoms with van der Waals surface area (Å²) in [4.78, 5) is 0. The lowest BCUT2D eigenvalue weighted by Crippen LogP contribution is -2.25. The summed E-state index contributed by atoms with van der Waals surface area (Å²) in [6.45, 7) is 7.92. The van der Waals surface area contributed by atoms with E-state index in [2.05, 4.69) is 31.4 Å². The molecule has 2 aromatic carbocycles. The average Bonchev–Trinajstić information content (AvgIpc) is 2.78. The average molecular weight is 393 g/mol. The molecule has 0 spiro atoms. The van der Waals surface area contributed by atoms with Crippen LogP contribution in [0.1, 0.15) is 62.8 Å².